The first-order valence-corrected chi connectivity index (χ1v) is 24.9. The zero-order chi connectivity index (χ0) is 53.6. The van der Waals surface area contributed by atoms with Crippen LogP contribution >= 0.6 is 0 Å². The number of fused-ring (bicyclic) bond motifs is 2. The number of carbonyl (C=O) groups is 8. The lowest BCUT2D eigenvalue weighted by atomic mass is 9.95. The number of amides is 7. The molecule has 2 bridgehead atoms. The Morgan fingerprint density at radius 1 is 0.889 bits per heavy atom. The summed E-state index contributed by atoms with van der Waals surface area (Å²) < 4.78 is 46.8. The van der Waals surface area contributed by atoms with Crippen molar-refractivity contribution in [1.29, 1.82) is 0 Å². The molecule has 4 rings (SSSR count). The SMILES string of the molecule is C/C=C1\NC(=O)[C@@H](NC(=O)[C@@H](NC(=O)[C@@H](COS(=O)(=O)O)OC)[C@@H](C)CC)[C@@H](C)OC(=O)[C@H]([C@@H](C)CC)NC(=O)[C@H](Cc2ccc(O)cc2)N(C)C(=O)[C@H](Cc2ccccc2)N2C(=O)[C@H](CC[C@H]2O)NC1=O. The highest BCUT2D eigenvalue weighted by atomic mass is 32.3. The summed E-state index contributed by atoms with van der Waals surface area (Å²) in [4.78, 5) is 117. The van der Waals surface area contributed by atoms with E-state index in [-0.39, 0.29) is 44.3 Å². The average Bonchev–Trinajstić information content (AvgIpc) is 3.34. The monoisotopic (exact) mass is 1030 g/mol. The number of hydrogen-bond donors (Lipinski definition) is 8. The molecule has 2 aliphatic rings. The highest BCUT2D eigenvalue weighted by molar-refractivity contribution is 7.80. The second-order valence-electron chi connectivity index (χ2n) is 17.9. The summed E-state index contributed by atoms with van der Waals surface area (Å²) in [6.45, 7) is 8.32. The van der Waals surface area contributed by atoms with Gasteiger partial charge < -0.3 is 56.1 Å². The van der Waals surface area contributed by atoms with E-state index in [0.29, 0.717) is 11.1 Å². The van der Waals surface area contributed by atoms with Gasteiger partial charge >= 0.3 is 16.4 Å². The summed E-state index contributed by atoms with van der Waals surface area (Å²) in [6, 6.07) is 5.47. The van der Waals surface area contributed by atoms with Gasteiger partial charge in [0.2, 0.25) is 23.6 Å². The van der Waals surface area contributed by atoms with E-state index < -0.39 is 137 Å². The first-order valence-electron chi connectivity index (χ1n) is 23.6. The summed E-state index contributed by atoms with van der Waals surface area (Å²) in [5.41, 5.74) is 0.650. The number of esters is 1. The first-order chi connectivity index (χ1) is 33.9. The van der Waals surface area contributed by atoms with Crippen molar-refractivity contribution in [3.05, 3.63) is 77.5 Å². The van der Waals surface area contributed by atoms with Crippen LogP contribution in [-0.4, -0.2) is 156 Å². The summed E-state index contributed by atoms with van der Waals surface area (Å²) in [7, 11) is -2.61. The number of cyclic esters (lactones) is 1. The van der Waals surface area contributed by atoms with Crippen molar-refractivity contribution in [1.82, 2.24) is 36.4 Å². The highest BCUT2D eigenvalue weighted by Crippen LogP contribution is 2.26. The van der Waals surface area contributed by atoms with E-state index >= 15 is 4.79 Å². The van der Waals surface area contributed by atoms with Gasteiger partial charge in [-0.3, -0.25) is 38.1 Å². The molecule has 2 heterocycles. The number of methoxy groups -OCH3 is 1. The van der Waals surface area contributed by atoms with Gasteiger partial charge in [0.25, 0.3) is 17.7 Å². The van der Waals surface area contributed by atoms with Crippen LogP contribution in [-0.2, 0) is 75.3 Å². The van der Waals surface area contributed by atoms with Crippen molar-refractivity contribution in [2.75, 3.05) is 20.8 Å². The molecule has 2 aromatic rings. The molecule has 7 amide bonds. The fourth-order valence-electron chi connectivity index (χ4n) is 8.13. The lowest BCUT2D eigenvalue weighted by Crippen LogP contribution is -2.64. The molecule has 0 spiro atoms. The number of piperidine rings is 1. The molecular formula is C48H67N7O16S. The van der Waals surface area contributed by atoms with Gasteiger partial charge in [-0.25, -0.2) is 8.98 Å². The van der Waals surface area contributed by atoms with Crippen LogP contribution in [0.4, 0.5) is 0 Å². The van der Waals surface area contributed by atoms with Crippen LogP contribution in [0.15, 0.2) is 66.4 Å². The van der Waals surface area contributed by atoms with E-state index in [2.05, 4.69) is 30.8 Å². The van der Waals surface area contributed by atoms with Gasteiger partial charge in [0.1, 0.15) is 66.6 Å². The van der Waals surface area contributed by atoms with Crippen molar-refractivity contribution in [3.8, 4) is 5.75 Å². The predicted molar refractivity (Wildman–Crippen MR) is 257 cm³/mol. The van der Waals surface area contributed by atoms with Crippen molar-refractivity contribution in [2.24, 2.45) is 11.8 Å². The molecule has 11 atom stereocenters. The number of carbonyl (C=O) groups excluding carboxylic acids is 8. The summed E-state index contributed by atoms with van der Waals surface area (Å²) >= 11 is 0. The molecule has 0 aliphatic carbocycles. The van der Waals surface area contributed by atoms with Crippen molar-refractivity contribution < 1.29 is 75.2 Å². The Morgan fingerprint density at radius 2 is 1.51 bits per heavy atom. The van der Waals surface area contributed by atoms with Crippen molar-refractivity contribution in [3.63, 3.8) is 0 Å². The fourth-order valence-corrected chi connectivity index (χ4v) is 8.42. The molecule has 2 saturated heterocycles. The van der Waals surface area contributed by atoms with Crippen LogP contribution in [0.3, 0.4) is 0 Å². The number of phenols is 1. The number of allylic oxidation sites excluding steroid dienone is 1. The number of nitrogens with one attached hydrogen (secondary N) is 5. The minimum absolute atomic E-state index is 0.0718. The molecule has 2 aliphatic heterocycles. The van der Waals surface area contributed by atoms with Crippen LogP contribution in [0, 0.1) is 11.8 Å². The van der Waals surface area contributed by atoms with Crippen LogP contribution in [0.2, 0.25) is 0 Å². The summed E-state index contributed by atoms with van der Waals surface area (Å²) in [5.74, 6) is -9.11. The van der Waals surface area contributed by atoms with E-state index in [0.717, 1.165) is 16.9 Å². The largest absolute Gasteiger partial charge is 0.508 e. The van der Waals surface area contributed by atoms with E-state index in [1.807, 2.05) is 0 Å². The zero-order valence-electron chi connectivity index (χ0n) is 41.5. The lowest BCUT2D eigenvalue weighted by Gasteiger charge is -2.43. The van der Waals surface area contributed by atoms with Crippen LogP contribution in [0.5, 0.6) is 5.75 Å². The Hall–Kier alpha value is -6.47. The number of aliphatic hydroxyl groups excluding tert-OH is 1. The molecule has 396 valence electrons. The number of nitrogens with zero attached hydrogens (tertiary/aromatic N) is 2. The van der Waals surface area contributed by atoms with E-state index in [4.69, 9.17) is 14.0 Å². The Balaban J connectivity index is 1.85. The maximum Gasteiger partial charge on any atom is 0.397 e. The number of aliphatic hydroxyl groups is 1. The third-order valence-corrected chi connectivity index (χ3v) is 13.3. The average molecular weight is 1030 g/mol. The Bertz CT molecular complexity index is 2410. The maximum absolute atomic E-state index is 15.0. The van der Waals surface area contributed by atoms with Gasteiger partial charge in [-0.15, -0.1) is 0 Å². The number of rotatable bonds is 16. The topological polar surface area (TPSA) is 326 Å². The second-order valence-corrected chi connectivity index (χ2v) is 19.0. The number of benzene rings is 2. The molecule has 2 aromatic carbocycles. The third kappa shape index (κ3) is 15.5. The predicted octanol–water partition coefficient (Wildman–Crippen LogP) is 0.145. The van der Waals surface area contributed by atoms with E-state index in [1.54, 1.807) is 58.0 Å². The Morgan fingerprint density at radius 3 is 2.10 bits per heavy atom. The maximum atomic E-state index is 15.0. The standard InChI is InChI=1S/C48H67N7O16S/c1-9-26(4)38(51-43(60)36(69-8)25-70-72(66,67)68)44(61)53-40-28(6)71-48(65)39(27(5)10-2)52-42(59)34(23-30-17-19-31(56)20-18-30)54(7)47(64)35(24-29-15-13-12-14-16-29)55-37(57)22-21-33(46(55)63)50-41(58)32(11-3)49-45(40)62/h11-20,26-28,33-40,56-57H,9-10,21-25H2,1-8H3,(H,49,62)(H,50,58)(H,51,60)(H,52,59)(H,53,61)(H,66,67,68)/b32-11-/t26-,27-,28+,33-,34-,35-,36+,37+,38-,39-,40-/m0/s1. The van der Waals surface area contributed by atoms with Gasteiger partial charge in [0, 0.05) is 27.0 Å². The Kier molecular flexibility index (Phi) is 21.2. The first kappa shape index (κ1) is 58.1. The zero-order valence-corrected chi connectivity index (χ0v) is 42.3. The minimum atomic E-state index is -5.00. The van der Waals surface area contributed by atoms with Crippen LogP contribution in [0.25, 0.3) is 0 Å². The second kappa shape index (κ2) is 26.3. The van der Waals surface area contributed by atoms with Gasteiger partial charge in [-0.1, -0.05) is 89.1 Å². The Labute approximate surface area is 418 Å². The third-order valence-electron chi connectivity index (χ3n) is 12.9. The van der Waals surface area contributed by atoms with Gasteiger partial charge in [0.15, 0.2) is 6.10 Å². The highest BCUT2D eigenvalue weighted by Gasteiger charge is 2.46. The molecular weight excluding hydrogens is 963 g/mol. The van der Waals surface area contributed by atoms with Crippen LogP contribution in [0.1, 0.15) is 78.4 Å². The van der Waals surface area contributed by atoms with Gasteiger partial charge in [-0.2, -0.15) is 8.42 Å². The number of aromatic hydroxyl groups is 1. The molecule has 23 nitrogen and oxygen atoms in total. The molecule has 24 heteroatoms. The molecule has 0 saturated carbocycles. The molecule has 8 N–H and O–H groups in total. The normalized spacial score (nSPS) is 25.3. The molecule has 0 unspecified atom stereocenters. The molecule has 0 aromatic heterocycles. The smallest absolute Gasteiger partial charge is 0.397 e. The van der Waals surface area contributed by atoms with Crippen molar-refractivity contribution >= 4 is 57.7 Å². The molecule has 2 fully saturated rings. The number of hydrogen-bond acceptors (Lipinski definition) is 15. The minimum Gasteiger partial charge on any atom is -0.508 e. The summed E-state index contributed by atoms with van der Waals surface area (Å²) in [6.07, 6.45) is -3.55. The van der Waals surface area contributed by atoms with E-state index in [9.17, 15) is 52.2 Å². The van der Waals surface area contributed by atoms with Gasteiger partial charge in [-0.05, 0) is 61.8 Å². The fraction of sp³-hybridized carbons (Fsp3) is 0.542. The number of likely N-dealkylation sites (N-methyl/N-ethyl adjacent to an activating group) is 1. The van der Waals surface area contributed by atoms with Crippen LogP contribution < -0.4 is 26.6 Å². The molecule has 0 radical (unpaired) electrons. The van der Waals surface area contributed by atoms with E-state index in [1.165, 1.54) is 51.2 Å². The molecule has 72 heavy (non-hydrogen) atoms. The number of ether oxygens (including phenoxy) is 2. The summed E-state index contributed by atoms with van der Waals surface area (Å²) in [5, 5.41) is 34.3. The lowest BCUT2D eigenvalue weighted by molar-refractivity contribution is -0.165. The quantitative estimate of drug-likeness (QED) is 0.0630. The van der Waals surface area contributed by atoms with Gasteiger partial charge in [0.05, 0.1) is 0 Å². The van der Waals surface area contributed by atoms with Crippen molar-refractivity contribution in [2.45, 2.75) is 135 Å². The number of phenolic OH excluding ortho intramolecular Hbond substituents is 1.